The highest BCUT2D eigenvalue weighted by Crippen LogP contribution is 2.25. The van der Waals surface area contributed by atoms with Crippen LogP contribution in [0.5, 0.6) is 0 Å². The Hall–Kier alpha value is -2.07. The molecule has 1 unspecified atom stereocenters. The highest BCUT2D eigenvalue weighted by atomic mass is 16.3. The van der Waals surface area contributed by atoms with Crippen LogP contribution in [0.2, 0.25) is 0 Å². The van der Waals surface area contributed by atoms with Crippen molar-refractivity contribution in [1.29, 1.82) is 0 Å². The molecule has 0 aliphatic carbocycles. The molecule has 0 fully saturated rings. The third-order valence-corrected chi connectivity index (χ3v) is 3.14. The van der Waals surface area contributed by atoms with Crippen molar-refractivity contribution in [3.63, 3.8) is 0 Å². The third kappa shape index (κ3) is 3.03. The van der Waals surface area contributed by atoms with E-state index in [0.717, 1.165) is 17.2 Å². The molecule has 1 aromatic heterocycles. The molecule has 3 N–H and O–H groups in total. The van der Waals surface area contributed by atoms with Crippen molar-refractivity contribution >= 4 is 11.6 Å². The van der Waals surface area contributed by atoms with Gasteiger partial charge in [0.2, 0.25) is 0 Å². The van der Waals surface area contributed by atoms with E-state index in [-0.39, 0.29) is 6.61 Å². The van der Waals surface area contributed by atoms with Gasteiger partial charge in [0.15, 0.2) is 0 Å². The maximum atomic E-state index is 9.72. The van der Waals surface area contributed by atoms with Crippen molar-refractivity contribution in [2.75, 3.05) is 24.3 Å². The lowest BCUT2D eigenvalue weighted by atomic mass is 9.93. The second kappa shape index (κ2) is 5.71. The van der Waals surface area contributed by atoms with Gasteiger partial charge in [-0.2, -0.15) is 0 Å². The van der Waals surface area contributed by atoms with Gasteiger partial charge in [0.1, 0.15) is 11.6 Å². The first-order valence-corrected chi connectivity index (χ1v) is 6.27. The molecule has 4 nitrogen and oxygen atoms in total. The molecule has 2 rings (SSSR count). The van der Waals surface area contributed by atoms with E-state index in [1.54, 1.807) is 0 Å². The summed E-state index contributed by atoms with van der Waals surface area (Å²) < 4.78 is 0. The number of rotatable bonds is 5. The zero-order chi connectivity index (χ0) is 13.7. The molecule has 0 aliphatic rings. The third-order valence-electron chi connectivity index (χ3n) is 3.14. The number of aromatic nitrogens is 1. The number of hydrogen-bond donors (Lipinski definition) is 3. The molecule has 0 radical (unpaired) electrons. The number of benzene rings is 1. The van der Waals surface area contributed by atoms with Gasteiger partial charge in [0.05, 0.1) is 12.1 Å². The van der Waals surface area contributed by atoms with E-state index < -0.39 is 5.54 Å². The topological polar surface area (TPSA) is 57.2 Å². The highest BCUT2D eigenvalue weighted by Gasteiger charge is 2.25. The molecule has 2 aromatic rings. The zero-order valence-electron chi connectivity index (χ0n) is 11.2. The lowest BCUT2D eigenvalue weighted by molar-refractivity contribution is 0.223. The Morgan fingerprint density at radius 2 is 1.74 bits per heavy atom. The van der Waals surface area contributed by atoms with Crippen LogP contribution in [0, 0.1) is 0 Å². The smallest absolute Gasteiger partial charge is 0.129 e. The van der Waals surface area contributed by atoms with Crippen LogP contribution < -0.4 is 10.6 Å². The van der Waals surface area contributed by atoms with E-state index in [1.165, 1.54) is 0 Å². The zero-order valence-corrected chi connectivity index (χ0v) is 11.2. The Labute approximate surface area is 113 Å². The fourth-order valence-electron chi connectivity index (χ4n) is 1.94. The van der Waals surface area contributed by atoms with Crippen LogP contribution in [0.15, 0.2) is 48.5 Å². The normalized spacial score (nSPS) is 13.6. The van der Waals surface area contributed by atoms with Crippen LogP contribution in [-0.2, 0) is 5.54 Å². The molecule has 100 valence electrons. The van der Waals surface area contributed by atoms with Gasteiger partial charge >= 0.3 is 0 Å². The summed E-state index contributed by atoms with van der Waals surface area (Å²) in [4.78, 5) is 4.42. The summed E-state index contributed by atoms with van der Waals surface area (Å²) in [6.45, 7) is 1.94. The Morgan fingerprint density at radius 3 is 2.37 bits per heavy atom. The van der Waals surface area contributed by atoms with Crippen LogP contribution in [0.1, 0.15) is 12.5 Å². The SMILES string of the molecule is CNc1cccc(NC(C)(CO)c2ccccc2)n1. The van der Waals surface area contributed by atoms with Gasteiger partial charge in [-0.25, -0.2) is 4.98 Å². The number of pyridine rings is 1. The van der Waals surface area contributed by atoms with Crippen LogP contribution in [0.25, 0.3) is 0 Å². The van der Waals surface area contributed by atoms with Crippen molar-refractivity contribution in [3.05, 3.63) is 54.1 Å². The van der Waals surface area contributed by atoms with Gasteiger partial charge in [0, 0.05) is 7.05 Å². The number of aliphatic hydroxyl groups is 1. The Balaban J connectivity index is 2.27. The molecular weight excluding hydrogens is 238 g/mol. The van der Waals surface area contributed by atoms with Crippen LogP contribution in [-0.4, -0.2) is 23.7 Å². The fraction of sp³-hybridized carbons (Fsp3) is 0.267. The first-order valence-electron chi connectivity index (χ1n) is 6.27. The van der Waals surface area contributed by atoms with Gasteiger partial charge in [0.25, 0.3) is 0 Å². The summed E-state index contributed by atoms with van der Waals surface area (Å²) >= 11 is 0. The Bertz CT molecular complexity index is 530. The standard InChI is InChI=1S/C15H19N3O/c1-15(11-19,12-7-4-3-5-8-12)18-14-10-6-9-13(16-2)17-14/h3-10,19H,11H2,1-2H3,(H2,16,17,18). The fourth-order valence-corrected chi connectivity index (χ4v) is 1.94. The Morgan fingerprint density at radius 1 is 1.05 bits per heavy atom. The molecule has 0 amide bonds. The minimum Gasteiger partial charge on any atom is -0.394 e. The summed E-state index contributed by atoms with van der Waals surface area (Å²) in [5.41, 5.74) is 0.467. The summed E-state index contributed by atoms with van der Waals surface area (Å²) in [5, 5.41) is 16.0. The first-order chi connectivity index (χ1) is 9.18. The van der Waals surface area contributed by atoms with E-state index in [0.29, 0.717) is 0 Å². The largest absolute Gasteiger partial charge is 0.394 e. The molecular formula is C15H19N3O. The number of aliphatic hydroxyl groups excluding tert-OH is 1. The summed E-state index contributed by atoms with van der Waals surface area (Å²) in [5.74, 6) is 1.52. The molecule has 1 aromatic carbocycles. The second-order valence-corrected chi connectivity index (χ2v) is 4.64. The number of nitrogens with zero attached hydrogens (tertiary/aromatic N) is 1. The summed E-state index contributed by atoms with van der Waals surface area (Å²) in [6.07, 6.45) is 0. The van der Waals surface area contributed by atoms with Crippen LogP contribution in [0.4, 0.5) is 11.6 Å². The average molecular weight is 257 g/mol. The molecule has 0 bridgehead atoms. The average Bonchev–Trinajstić information content (AvgIpc) is 2.48. The van der Waals surface area contributed by atoms with Gasteiger partial charge < -0.3 is 15.7 Å². The number of nitrogens with one attached hydrogen (secondary N) is 2. The Kier molecular flexibility index (Phi) is 4.02. The highest BCUT2D eigenvalue weighted by molar-refractivity contribution is 5.47. The van der Waals surface area contributed by atoms with E-state index in [1.807, 2.05) is 62.5 Å². The predicted octanol–water partition coefficient (Wildman–Crippen LogP) is 2.44. The lowest BCUT2D eigenvalue weighted by Gasteiger charge is -2.30. The molecule has 0 spiro atoms. The minimum absolute atomic E-state index is 0.0114. The number of anilines is 2. The van der Waals surface area contributed by atoms with Crippen molar-refractivity contribution in [3.8, 4) is 0 Å². The number of hydrogen-bond acceptors (Lipinski definition) is 4. The van der Waals surface area contributed by atoms with Crippen LogP contribution >= 0.6 is 0 Å². The second-order valence-electron chi connectivity index (χ2n) is 4.64. The van der Waals surface area contributed by atoms with Gasteiger partial charge in [-0.1, -0.05) is 36.4 Å². The van der Waals surface area contributed by atoms with Crippen molar-refractivity contribution < 1.29 is 5.11 Å². The van der Waals surface area contributed by atoms with Gasteiger partial charge in [-0.15, -0.1) is 0 Å². The molecule has 1 atom stereocenters. The summed E-state index contributed by atoms with van der Waals surface area (Å²) in [7, 11) is 1.83. The molecule has 4 heteroatoms. The quantitative estimate of drug-likeness (QED) is 0.770. The monoisotopic (exact) mass is 257 g/mol. The van der Waals surface area contributed by atoms with E-state index >= 15 is 0 Å². The molecule has 0 saturated carbocycles. The molecule has 1 heterocycles. The molecule has 0 aliphatic heterocycles. The first kappa shape index (κ1) is 13.4. The van der Waals surface area contributed by atoms with Gasteiger partial charge in [-0.3, -0.25) is 0 Å². The predicted molar refractivity (Wildman–Crippen MR) is 78.3 cm³/mol. The van der Waals surface area contributed by atoms with E-state index in [2.05, 4.69) is 15.6 Å². The van der Waals surface area contributed by atoms with Crippen LogP contribution in [0.3, 0.4) is 0 Å². The van der Waals surface area contributed by atoms with Crippen molar-refractivity contribution in [2.45, 2.75) is 12.5 Å². The minimum atomic E-state index is -0.555. The lowest BCUT2D eigenvalue weighted by Crippen LogP contribution is -2.36. The van der Waals surface area contributed by atoms with E-state index in [9.17, 15) is 5.11 Å². The van der Waals surface area contributed by atoms with Gasteiger partial charge in [-0.05, 0) is 24.6 Å². The van der Waals surface area contributed by atoms with Crippen molar-refractivity contribution in [2.24, 2.45) is 0 Å². The molecule has 19 heavy (non-hydrogen) atoms. The molecule has 0 saturated heterocycles. The maximum absolute atomic E-state index is 9.72. The van der Waals surface area contributed by atoms with Crippen molar-refractivity contribution in [1.82, 2.24) is 4.98 Å². The summed E-state index contributed by atoms with van der Waals surface area (Å²) in [6, 6.07) is 15.6. The maximum Gasteiger partial charge on any atom is 0.129 e. The van der Waals surface area contributed by atoms with E-state index in [4.69, 9.17) is 0 Å².